The molecule has 2 aromatic heterocycles. The first kappa shape index (κ1) is 14.5. The number of hydrogen-bond acceptors (Lipinski definition) is 4. The van der Waals surface area contributed by atoms with Gasteiger partial charge in [-0.05, 0) is 26.3 Å². The van der Waals surface area contributed by atoms with Crippen molar-refractivity contribution in [2.24, 2.45) is 0 Å². The number of rotatable bonds is 5. The van der Waals surface area contributed by atoms with Crippen molar-refractivity contribution in [3.63, 3.8) is 0 Å². The summed E-state index contributed by atoms with van der Waals surface area (Å²) < 4.78 is 1.59. The molecule has 0 saturated heterocycles. The Balaban J connectivity index is 2.44. The summed E-state index contributed by atoms with van der Waals surface area (Å²) >= 11 is 1.56. The van der Waals surface area contributed by atoms with Crippen LogP contribution in [0.3, 0.4) is 0 Å². The fraction of sp³-hybridized carbons (Fsp3) is 0.357. The van der Waals surface area contributed by atoms with Gasteiger partial charge in [-0.25, -0.2) is 9.78 Å². The number of ketones is 1. The zero-order valence-electron chi connectivity index (χ0n) is 11.6. The van der Waals surface area contributed by atoms with Crippen molar-refractivity contribution in [3.8, 4) is 0 Å². The number of carboxylic acids is 1. The second-order valence-electron chi connectivity index (χ2n) is 4.58. The molecule has 2 aromatic rings. The molecular formula is C14H16N2O3S. The van der Waals surface area contributed by atoms with Gasteiger partial charge in [-0.3, -0.25) is 4.79 Å². The number of carbonyl (C=O) groups is 2. The molecular weight excluding hydrogens is 276 g/mol. The number of aryl methyl sites for hydroxylation is 1. The van der Waals surface area contributed by atoms with E-state index in [1.807, 2.05) is 20.0 Å². The van der Waals surface area contributed by atoms with E-state index in [1.165, 1.54) is 13.0 Å². The number of carbonyl (C=O) groups excluding carboxylic acids is 1. The molecule has 2 heterocycles. The minimum absolute atomic E-state index is 0.107. The SMILES string of the molecule is CCc1cnc(C(C)n2cc(C(C)=O)cc2C(=O)O)s1. The molecule has 0 radical (unpaired) electrons. The number of thiazole rings is 1. The van der Waals surface area contributed by atoms with Gasteiger partial charge < -0.3 is 9.67 Å². The van der Waals surface area contributed by atoms with Gasteiger partial charge in [0.1, 0.15) is 10.7 Å². The molecule has 0 bridgehead atoms. The highest BCUT2D eigenvalue weighted by Gasteiger charge is 2.21. The van der Waals surface area contributed by atoms with E-state index in [2.05, 4.69) is 4.98 Å². The largest absolute Gasteiger partial charge is 0.477 e. The number of carboxylic acid groups (broad SMARTS) is 1. The second-order valence-corrected chi connectivity index (χ2v) is 5.72. The molecule has 0 aliphatic heterocycles. The third kappa shape index (κ3) is 2.65. The van der Waals surface area contributed by atoms with Gasteiger partial charge in [0.05, 0.1) is 6.04 Å². The molecule has 2 rings (SSSR count). The summed E-state index contributed by atoms with van der Waals surface area (Å²) in [7, 11) is 0. The van der Waals surface area contributed by atoms with Gasteiger partial charge in [0, 0.05) is 22.8 Å². The van der Waals surface area contributed by atoms with Crippen molar-refractivity contribution in [1.82, 2.24) is 9.55 Å². The lowest BCUT2D eigenvalue weighted by atomic mass is 10.2. The molecule has 6 heteroatoms. The van der Waals surface area contributed by atoms with Crippen molar-refractivity contribution in [2.45, 2.75) is 33.2 Å². The summed E-state index contributed by atoms with van der Waals surface area (Å²) in [4.78, 5) is 28.2. The molecule has 106 valence electrons. The number of nitrogens with zero attached hydrogens (tertiary/aromatic N) is 2. The number of hydrogen-bond donors (Lipinski definition) is 1. The molecule has 5 nitrogen and oxygen atoms in total. The molecule has 0 saturated carbocycles. The monoisotopic (exact) mass is 292 g/mol. The van der Waals surface area contributed by atoms with E-state index in [9.17, 15) is 14.7 Å². The van der Waals surface area contributed by atoms with Crippen LogP contribution < -0.4 is 0 Å². The van der Waals surface area contributed by atoms with Gasteiger partial charge in [0.2, 0.25) is 0 Å². The number of aromatic carboxylic acids is 1. The van der Waals surface area contributed by atoms with Crippen LogP contribution in [-0.4, -0.2) is 26.4 Å². The van der Waals surface area contributed by atoms with Crippen LogP contribution in [0.5, 0.6) is 0 Å². The van der Waals surface area contributed by atoms with E-state index in [1.54, 1.807) is 22.1 Å². The molecule has 1 atom stereocenters. The summed E-state index contributed by atoms with van der Waals surface area (Å²) in [5, 5.41) is 10.1. The maximum atomic E-state index is 11.4. The van der Waals surface area contributed by atoms with Crippen LogP contribution in [0, 0.1) is 0 Å². The maximum Gasteiger partial charge on any atom is 0.352 e. The average Bonchev–Trinajstić information content (AvgIpc) is 3.04. The molecule has 1 N–H and O–H groups in total. The van der Waals surface area contributed by atoms with E-state index in [0.29, 0.717) is 5.56 Å². The Morgan fingerprint density at radius 3 is 2.70 bits per heavy atom. The Hall–Kier alpha value is -1.95. The van der Waals surface area contributed by atoms with Crippen molar-refractivity contribution >= 4 is 23.1 Å². The van der Waals surface area contributed by atoms with Crippen LogP contribution in [0.4, 0.5) is 0 Å². The lowest BCUT2D eigenvalue weighted by Gasteiger charge is -2.13. The number of Topliss-reactive ketones (excluding diaryl/α,β-unsaturated/α-hetero) is 1. The smallest absolute Gasteiger partial charge is 0.352 e. The summed E-state index contributed by atoms with van der Waals surface area (Å²) in [5.41, 5.74) is 0.512. The maximum absolute atomic E-state index is 11.4. The molecule has 0 aliphatic rings. The lowest BCUT2D eigenvalue weighted by molar-refractivity contribution is 0.0684. The summed E-state index contributed by atoms with van der Waals surface area (Å²) in [6.07, 6.45) is 4.30. The highest BCUT2D eigenvalue weighted by Crippen LogP contribution is 2.26. The van der Waals surface area contributed by atoms with Gasteiger partial charge in [0.25, 0.3) is 0 Å². The van der Waals surface area contributed by atoms with Gasteiger partial charge in [-0.2, -0.15) is 0 Å². The third-order valence-electron chi connectivity index (χ3n) is 3.17. The summed E-state index contributed by atoms with van der Waals surface area (Å²) in [6.45, 7) is 5.36. The quantitative estimate of drug-likeness (QED) is 0.860. The normalized spacial score (nSPS) is 12.3. The van der Waals surface area contributed by atoms with Crippen LogP contribution >= 0.6 is 11.3 Å². The van der Waals surface area contributed by atoms with Gasteiger partial charge in [0.15, 0.2) is 5.78 Å². The molecule has 0 aromatic carbocycles. The standard InChI is InChI=1S/C14H16N2O3S/c1-4-11-6-15-13(20-11)8(2)16-7-10(9(3)17)5-12(16)14(18)19/h5-8H,4H2,1-3H3,(H,18,19). The highest BCUT2D eigenvalue weighted by atomic mass is 32.1. The minimum Gasteiger partial charge on any atom is -0.477 e. The molecule has 1 unspecified atom stereocenters. The van der Waals surface area contributed by atoms with Crippen LogP contribution in [0.2, 0.25) is 0 Å². The van der Waals surface area contributed by atoms with E-state index >= 15 is 0 Å². The van der Waals surface area contributed by atoms with E-state index in [0.717, 1.165) is 16.3 Å². The lowest BCUT2D eigenvalue weighted by Crippen LogP contribution is -2.12. The van der Waals surface area contributed by atoms with Gasteiger partial charge in [-0.15, -0.1) is 11.3 Å². The van der Waals surface area contributed by atoms with Crippen molar-refractivity contribution in [2.75, 3.05) is 0 Å². The summed E-state index contributed by atoms with van der Waals surface area (Å²) in [6, 6.07) is 1.20. The molecule has 0 amide bonds. The van der Waals surface area contributed by atoms with Crippen LogP contribution in [0.25, 0.3) is 0 Å². The van der Waals surface area contributed by atoms with E-state index in [4.69, 9.17) is 0 Å². The average molecular weight is 292 g/mol. The molecule has 20 heavy (non-hydrogen) atoms. The Labute approximate surface area is 120 Å². The Morgan fingerprint density at radius 2 is 2.20 bits per heavy atom. The van der Waals surface area contributed by atoms with Gasteiger partial charge >= 0.3 is 5.97 Å². The minimum atomic E-state index is -1.04. The predicted molar refractivity (Wildman–Crippen MR) is 76.7 cm³/mol. The van der Waals surface area contributed by atoms with Gasteiger partial charge in [-0.1, -0.05) is 6.92 Å². The molecule has 0 aliphatic carbocycles. The van der Waals surface area contributed by atoms with Crippen LogP contribution in [0.15, 0.2) is 18.5 Å². The fourth-order valence-corrected chi connectivity index (χ4v) is 2.87. The zero-order valence-corrected chi connectivity index (χ0v) is 12.4. The Kier molecular flexibility index (Phi) is 4.04. The highest BCUT2D eigenvalue weighted by molar-refractivity contribution is 7.11. The van der Waals surface area contributed by atoms with E-state index in [-0.39, 0.29) is 17.5 Å². The van der Waals surface area contributed by atoms with Crippen LogP contribution in [0.1, 0.15) is 57.5 Å². The third-order valence-corrected chi connectivity index (χ3v) is 4.48. The van der Waals surface area contributed by atoms with Crippen molar-refractivity contribution in [1.29, 1.82) is 0 Å². The van der Waals surface area contributed by atoms with Crippen molar-refractivity contribution < 1.29 is 14.7 Å². The van der Waals surface area contributed by atoms with Crippen LogP contribution in [-0.2, 0) is 6.42 Å². The number of aromatic nitrogens is 2. The first-order chi connectivity index (χ1) is 9.43. The molecule has 0 fully saturated rings. The summed E-state index contributed by atoms with van der Waals surface area (Å²) in [5.74, 6) is -1.19. The first-order valence-electron chi connectivity index (χ1n) is 6.34. The Morgan fingerprint density at radius 1 is 1.50 bits per heavy atom. The molecule has 0 spiro atoms. The fourth-order valence-electron chi connectivity index (χ4n) is 1.96. The van der Waals surface area contributed by atoms with Crippen molar-refractivity contribution in [3.05, 3.63) is 39.6 Å². The first-order valence-corrected chi connectivity index (χ1v) is 7.16. The predicted octanol–water partition coefficient (Wildman–Crippen LogP) is 3.02. The van der Waals surface area contributed by atoms with E-state index < -0.39 is 5.97 Å². The zero-order chi connectivity index (χ0) is 14.9. The Bertz CT molecular complexity index is 657. The second kappa shape index (κ2) is 5.58. The topological polar surface area (TPSA) is 72.2 Å².